The molecule has 0 aliphatic carbocycles. The first-order valence-corrected chi connectivity index (χ1v) is 8.01. The van der Waals surface area contributed by atoms with E-state index in [0.29, 0.717) is 32.8 Å². The highest BCUT2D eigenvalue weighted by molar-refractivity contribution is 6.42. The van der Waals surface area contributed by atoms with Crippen molar-refractivity contribution in [3.05, 3.63) is 52.0 Å². The lowest BCUT2D eigenvalue weighted by atomic mass is 10.2. The number of hydrazone groups is 1. The van der Waals surface area contributed by atoms with E-state index in [2.05, 4.69) is 15.8 Å². The van der Waals surface area contributed by atoms with E-state index in [9.17, 15) is 9.59 Å². The summed E-state index contributed by atoms with van der Waals surface area (Å²) in [4.78, 5) is 23.8. The molecule has 0 spiro atoms. The third kappa shape index (κ3) is 5.11. The summed E-state index contributed by atoms with van der Waals surface area (Å²) >= 11 is 11.7. The fourth-order valence-corrected chi connectivity index (χ4v) is 2.20. The second kappa shape index (κ2) is 9.07. The first-order valence-electron chi connectivity index (χ1n) is 7.26. The van der Waals surface area contributed by atoms with Gasteiger partial charge in [-0.2, -0.15) is 5.10 Å². The van der Waals surface area contributed by atoms with E-state index in [1.807, 2.05) is 0 Å². The average Bonchev–Trinajstić information content (AvgIpc) is 2.64. The number of rotatable bonds is 5. The van der Waals surface area contributed by atoms with E-state index in [1.54, 1.807) is 36.4 Å². The number of hydrogen-bond acceptors (Lipinski definition) is 5. The molecule has 2 amide bonds. The van der Waals surface area contributed by atoms with Crippen molar-refractivity contribution >= 4 is 46.9 Å². The molecule has 136 valence electrons. The summed E-state index contributed by atoms with van der Waals surface area (Å²) in [6, 6.07) is 9.58. The summed E-state index contributed by atoms with van der Waals surface area (Å²) < 4.78 is 10.2. The third-order valence-corrected chi connectivity index (χ3v) is 3.93. The highest BCUT2D eigenvalue weighted by Gasteiger charge is 2.15. The monoisotopic (exact) mass is 395 g/mol. The molecule has 2 rings (SSSR count). The number of ether oxygens (including phenoxy) is 2. The zero-order valence-electron chi connectivity index (χ0n) is 13.9. The van der Waals surface area contributed by atoms with Gasteiger partial charge >= 0.3 is 11.8 Å². The lowest BCUT2D eigenvalue weighted by Gasteiger charge is -2.10. The Morgan fingerprint density at radius 1 is 1.00 bits per heavy atom. The number of anilines is 1. The molecule has 26 heavy (non-hydrogen) atoms. The van der Waals surface area contributed by atoms with Crippen molar-refractivity contribution in [1.29, 1.82) is 0 Å². The lowest BCUT2D eigenvalue weighted by molar-refractivity contribution is -0.136. The van der Waals surface area contributed by atoms with Crippen LogP contribution >= 0.6 is 23.2 Å². The summed E-state index contributed by atoms with van der Waals surface area (Å²) in [5, 5.41) is 6.90. The molecule has 0 atom stereocenters. The normalized spacial score (nSPS) is 10.5. The van der Waals surface area contributed by atoms with Crippen molar-refractivity contribution in [3.8, 4) is 11.5 Å². The molecule has 0 unspecified atom stereocenters. The number of hydrogen-bond donors (Lipinski definition) is 2. The second-order valence-corrected chi connectivity index (χ2v) is 5.71. The van der Waals surface area contributed by atoms with Crippen LogP contribution in [0.15, 0.2) is 41.5 Å². The van der Waals surface area contributed by atoms with Crippen LogP contribution in [0.2, 0.25) is 10.0 Å². The first-order chi connectivity index (χ1) is 12.4. The van der Waals surface area contributed by atoms with Gasteiger partial charge in [0.05, 0.1) is 36.2 Å². The zero-order valence-corrected chi connectivity index (χ0v) is 15.4. The molecule has 2 aromatic rings. The number of methoxy groups -OCH3 is 2. The smallest absolute Gasteiger partial charge is 0.329 e. The van der Waals surface area contributed by atoms with Crippen molar-refractivity contribution in [2.45, 2.75) is 0 Å². The molecular formula is C17H15Cl2N3O4. The highest BCUT2D eigenvalue weighted by atomic mass is 35.5. The van der Waals surface area contributed by atoms with Gasteiger partial charge in [0.2, 0.25) is 0 Å². The van der Waals surface area contributed by atoms with Crippen LogP contribution in [0.1, 0.15) is 5.56 Å². The predicted octanol–water partition coefficient (Wildman–Crippen LogP) is 3.10. The van der Waals surface area contributed by atoms with Gasteiger partial charge in [-0.1, -0.05) is 29.3 Å². The number of carbonyl (C=O) groups excluding carboxylic acids is 2. The summed E-state index contributed by atoms with van der Waals surface area (Å²) in [6.45, 7) is 0. The largest absolute Gasteiger partial charge is 0.497 e. The Morgan fingerprint density at radius 2 is 1.77 bits per heavy atom. The highest BCUT2D eigenvalue weighted by Crippen LogP contribution is 2.28. The van der Waals surface area contributed by atoms with Gasteiger partial charge in [0.25, 0.3) is 0 Å². The van der Waals surface area contributed by atoms with E-state index >= 15 is 0 Å². The van der Waals surface area contributed by atoms with Crippen molar-refractivity contribution in [2.24, 2.45) is 5.10 Å². The van der Waals surface area contributed by atoms with Gasteiger partial charge in [-0.25, -0.2) is 5.43 Å². The Labute approximate surface area is 159 Å². The average molecular weight is 396 g/mol. The predicted molar refractivity (Wildman–Crippen MR) is 100 cm³/mol. The topological polar surface area (TPSA) is 89.0 Å². The molecule has 0 saturated carbocycles. The number of benzene rings is 2. The van der Waals surface area contributed by atoms with Crippen molar-refractivity contribution in [3.63, 3.8) is 0 Å². The van der Waals surface area contributed by atoms with E-state index in [0.717, 1.165) is 0 Å². The molecule has 0 heterocycles. The molecule has 9 heteroatoms. The maximum absolute atomic E-state index is 12.0. The van der Waals surface area contributed by atoms with Crippen LogP contribution in [-0.2, 0) is 9.59 Å². The second-order valence-electron chi connectivity index (χ2n) is 4.89. The molecule has 0 aromatic heterocycles. The van der Waals surface area contributed by atoms with Crippen molar-refractivity contribution in [2.75, 3.05) is 19.5 Å². The molecule has 0 aliphatic rings. The number of nitrogens with zero attached hydrogens (tertiary/aromatic N) is 1. The summed E-state index contributed by atoms with van der Waals surface area (Å²) in [5.74, 6) is -0.945. The number of carbonyl (C=O) groups is 2. The van der Waals surface area contributed by atoms with Crippen LogP contribution in [0, 0.1) is 0 Å². The number of nitrogens with one attached hydrogen (secondary N) is 2. The van der Waals surface area contributed by atoms with E-state index in [-0.39, 0.29) is 0 Å². The van der Waals surface area contributed by atoms with E-state index in [4.69, 9.17) is 32.7 Å². The molecule has 0 fully saturated rings. The van der Waals surface area contributed by atoms with Gasteiger partial charge in [-0.3, -0.25) is 9.59 Å². The van der Waals surface area contributed by atoms with Crippen molar-refractivity contribution < 1.29 is 19.1 Å². The van der Waals surface area contributed by atoms with Gasteiger partial charge in [0.15, 0.2) is 0 Å². The van der Waals surface area contributed by atoms with Crippen LogP contribution < -0.4 is 20.2 Å². The standard InChI is InChI=1S/C17H15Cl2N3O4/c1-25-11-4-6-14(15(8-11)26-2)21-16(23)17(24)22-20-9-10-3-5-12(18)13(19)7-10/h3-9H,1-2H3,(H,21,23)(H,22,24)/b20-9+. The summed E-state index contributed by atoms with van der Waals surface area (Å²) in [5.41, 5.74) is 3.05. The minimum Gasteiger partial charge on any atom is -0.497 e. The van der Waals surface area contributed by atoms with Gasteiger partial charge in [-0.05, 0) is 29.8 Å². The molecule has 7 nitrogen and oxygen atoms in total. The van der Waals surface area contributed by atoms with Crippen LogP contribution in [-0.4, -0.2) is 32.2 Å². The molecular weight excluding hydrogens is 381 g/mol. The maximum atomic E-state index is 12.0. The fraction of sp³-hybridized carbons (Fsp3) is 0.118. The van der Waals surface area contributed by atoms with Gasteiger partial charge in [0, 0.05) is 6.07 Å². The Morgan fingerprint density at radius 3 is 2.42 bits per heavy atom. The SMILES string of the molecule is COc1ccc(NC(=O)C(=O)N/N=C/c2ccc(Cl)c(Cl)c2)c(OC)c1. The minimum atomic E-state index is -0.945. The van der Waals surface area contributed by atoms with Crippen LogP contribution in [0.25, 0.3) is 0 Å². The quantitative estimate of drug-likeness (QED) is 0.462. The number of halogens is 2. The fourth-order valence-electron chi connectivity index (χ4n) is 1.89. The Balaban J connectivity index is 1.98. The minimum absolute atomic E-state index is 0.321. The first kappa shape index (κ1) is 19.6. The zero-order chi connectivity index (χ0) is 19.1. The van der Waals surface area contributed by atoms with Gasteiger partial charge < -0.3 is 14.8 Å². The summed E-state index contributed by atoms with van der Waals surface area (Å²) in [6.07, 6.45) is 1.33. The Kier molecular flexibility index (Phi) is 6.82. The summed E-state index contributed by atoms with van der Waals surface area (Å²) in [7, 11) is 2.94. The van der Waals surface area contributed by atoms with Gasteiger partial charge in [0.1, 0.15) is 11.5 Å². The van der Waals surface area contributed by atoms with Crippen LogP contribution in [0.5, 0.6) is 11.5 Å². The lowest BCUT2D eigenvalue weighted by Crippen LogP contribution is -2.32. The van der Waals surface area contributed by atoms with E-state index < -0.39 is 11.8 Å². The van der Waals surface area contributed by atoms with Gasteiger partial charge in [-0.15, -0.1) is 0 Å². The molecule has 0 aliphatic heterocycles. The maximum Gasteiger partial charge on any atom is 0.329 e. The molecule has 2 aromatic carbocycles. The van der Waals surface area contributed by atoms with E-state index in [1.165, 1.54) is 20.4 Å². The molecule has 0 radical (unpaired) electrons. The van der Waals surface area contributed by atoms with Crippen LogP contribution in [0.3, 0.4) is 0 Å². The number of amides is 2. The molecule has 0 saturated heterocycles. The molecule has 2 N–H and O–H groups in total. The van der Waals surface area contributed by atoms with Crippen LogP contribution in [0.4, 0.5) is 5.69 Å². The third-order valence-electron chi connectivity index (χ3n) is 3.19. The van der Waals surface area contributed by atoms with Crippen molar-refractivity contribution in [1.82, 2.24) is 5.43 Å². The molecule has 0 bridgehead atoms. The Hall–Kier alpha value is -2.77. The Bertz CT molecular complexity index is 856.